The van der Waals surface area contributed by atoms with E-state index in [2.05, 4.69) is 14.9 Å². The van der Waals surface area contributed by atoms with Gasteiger partial charge in [0.1, 0.15) is 5.82 Å². The first-order chi connectivity index (χ1) is 18.6. The van der Waals surface area contributed by atoms with Crippen LogP contribution in [-0.2, 0) is 11.8 Å². The molecule has 3 heterocycles. The van der Waals surface area contributed by atoms with E-state index in [1.54, 1.807) is 9.58 Å². The summed E-state index contributed by atoms with van der Waals surface area (Å²) in [5.74, 6) is -1.35. The van der Waals surface area contributed by atoms with E-state index in [0.29, 0.717) is 37.8 Å². The summed E-state index contributed by atoms with van der Waals surface area (Å²) in [6.45, 7) is 3.79. The molecule has 8 nitrogen and oxygen atoms in total. The minimum absolute atomic E-state index is 0.0833. The average Bonchev–Trinajstić information content (AvgIpc) is 3.44. The monoisotopic (exact) mass is 534 g/mol. The van der Waals surface area contributed by atoms with Crippen molar-refractivity contribution in [3.05, 3.63) is 59.6 Å². The molecule has 2 aromatic heterocycles. The lowest BCUT2D eigenvalue weighted by atomic mass is 9.83. The van der Waals surface area contributed by atoms with Crippen LogP contribution in [-0.4, -0.2) is 41.2 Å². The second kappa shape index (κ2) is 9.51. The van der Waals surface area contributed by atoms with Crippen molar-refractivity contribution in [1.29, 1.82) is 0 Å². The summed E-state index contributed by atoms with van der Waals surface area (Å²) in [5, 5.41) is 19.0. The number of halogens is 2. The first kappa shape index (κ1) is 25.6. The topological polar surface area (TPSA) is 89.1 Å². The van der Waals surface area contributed by atoms with E-state index in [-0.39, 0.29) is 11.9 Å². The van der Waals surface area contributed by atoms with Gasteiger partial charge in [0.15, 0.2) is 11.6 Å². The highest BCUT2D eigenvalue weighted by atomic mass is 19.2. The van der Waals surface area contributed by atoms with Crippen molar-refractivity contribution in [3.63, 3.8) is 0 Å². The number of aliphatic hydroxyl groups is 1. The van der Waals surface area contributed by atoms with Gasteiger partial charge < -0.3 is 14.6 Å². The number of carbonyl (C=O) groups excluding carboxylic acids is 1. The van der Waals surface area contributed by atoms with Crippen LogP contribution < -0.4 is 4.90 Å². The molecule has 39 heavy (non-hydrogen) atoms. The first-order valence-corrected chi connectivity index (χ1v) is 13.5. The molecule has 1 saturated heterocycles. The number of nitrogens with zero attached hydrogens (tertiary/aromatic N) is 6. The van der Waals surface area contributed by atoms with E-state index >= 15 is 0 Å². The van der Waals surface area contributed by atoms with Crippen LogP contribution in [0.25, 0.3) is 22.3 Å². The maximum Gasteiger partial charge on any atom is 0.227 e. The Labute approximate surface area is 225 Å². The lowest BCUT2D eigenvalue weighted by Crippen LogP contribution is -2.40. The zero-order valence-corrected chi connectivity index (χ0v) is 22.4. The minimum atomic E-state index is -0.988. The van der Waals surface area contributed by atoms with Crippen molar-refractivity contribution in [1.82, 2.24) is 24.5 Å². The van der Waals surface area contributed by atoms with Gasteiger partial charge in [-0.05, 0) is 76.6 Å². The molecule has 1 atom stereocenters. The summed E-state index contributed by atoms with van der Waals surface area (Å²) in [4.78, 5) is 20.0. The number of rotatable bonds is 4. The largest absolute Gasteiger partial charge is 0.390 e. The van der Waals surface area contributed by atoms with Crippen LogP contribution in [0, 0.1) is 18.6 Å². The molecule has 0 bridgehead atoms. The smallest absolute Gasteiger partial charge is 0.227 e. The number of benzene rings is 2. The second-order valence-electron chi connectivity index (χ2n) is 11.2. The van der Waals surface area contributed by atoms with Crippen LogP contribution in [0.5, 0.6) is 0 Å². The number of imidazole rings is 1. The molecule has 1 N–H and O–H groups in total. The Bertz CT molecular complexity index is 1550. The van der Waals surface area contributed by atoms with Crippen molar-refractivity contribution in [2.45, 2.75) is 76.5 Å². The number of anilines is 1. The summed E-state index contributed by atoms with van der Waals surface area (Å²) >= 11 is 0. The molecule has 0 spiro atoms. The van der Waals surface area contributed by atoms with Crippen LogP contribution in [0.1, 0.15) is 75.5 Å². The van der Waals surface area contributed by atoms with Crippen LogP contribution in [0.3, 0.4) is 0 Å². The number of fused-ring (bicyclic) bond motifs is 1. The van der Waals surface area contributed by atoms with E-state index < -0.39 is 23.3 Å². The zero-order chi connectivity index (χ0) is 27.5. The molecule has 10 heteroatoms. The molecule has 1 aliphatic heterocycles. The van der Waals surface area contributed by atoms with E-state index in [1.807, 2.05) is 39.1 Å². The molecule has 2 aliphatic rings. The lowest BCUT2D eigenvalue weighted by Gasteiger charge is -2.38. The Morgan fingerprint density at radius 3 is 2.51 bits per heavy atom. The van der Waals surface area contributed by atoms with Crippen molar-refractivity contribution in [3.8, 4) is 11.3 Å². The fourth-order valence-corrected chi connectivity index (χ4v) is 6.30. The summed E-state index contributed by atoms with van der Waals surface area (Å²) < 4.78 is 32.0. The number of amides is 1. The number of aryl methyl sites for hydroxylation is 2. The average molecular weight is 535 g/mol. The van der Waals surface area contributed by atoms with Crippen molar-refractivity contribution < 1.29 is 18.7 Å². The Balaban J connectivity index is 1.51. The molecular weight excluding hydrogens is 502 g/mol. The third-order valence-corrected chi connectivity index (χ3v) is 8.31. The molecular formula is C29H32F2N6O2. The summed E-state index contributed by atoms with van der Waals surface area (Å²) in [5.41, 5.74) is 3.99. The third kappa shape index (κ3) is 4.50. The van der Waals surface area contributed by atoms with Crippen LogP contribution >= 0.6 is 0 Å². The summed E-state index contributed by atoms with van der Waals surface area (Å²) in [7, 11) is 1.85. The number of hydrogen-bond acceptors (Lipinski definition) is 5. The fraction of sp³-hybridized carbons (Fsp3) is 0.448. The molecule has 6 rings (SSSR count). The summed E-state index contributed by atoms with van der Waals surface area (Å²) in [6.07, 6.45) is 4.51. The van der Waals surface area contributed by atoms with Gasteiger partial charge in [-0.3, -0.25) is 4.79 Å². The predicted molar refractivity (Wildman–Crippen MR) is 143 cm³/mol. The molecule has 204 valence electrons. The van der Waals surface area contributed by atoms with Gasteiger partial charge in [0.25, 0.3) is 0 Å². The van der Waals surface area contributed by atoms with Gasteiger partial charge in [-0.1, -0.05) is 11.3 Å². The Morgan fingerprint density at radius 2 is 1.82 bits per heavy atom. The Hall–Kier alpha value is -3.66. The van der Waals surface area contributed by atoms with Crippen LogP contribution in [0.2, 0.25) is 0 Å². The van der Waals surface area contributed by atoms with Gasteiger partial charge in [-0.2, -0.15) is 0 Å². The van der Waals surface area contributed by atoms with Crippen molar-refractivity contribution in [2.24, 2.45) is 7.05 Å². The molecule has 2 aromatic carbocycles. The summed E-state index contributed by atoms with van der Waals surface area (Å²) in [6, 6.07) is 9.36. The van der Waals surface area contributed by atoms with E-state index in [9.17, 15) is 18.7 Å². The molecule has 0 unspecified atom stereocenters. The highest BCUT2D eigenvalue weighted by Gasteiger charge is 2.38. The predicted octanol–water partition coefficient (Wildman–Crippen LogP) is 5.54. The van der Waals surface area contributed by atoms with Crippen LogP contribution in [0.15, 0.2) is 36.4 Å². The normalized spacial score (nSPS) is 24.1. The van der Waals surface area contributed by atoms with Gasteiger partial charge in [0.05, 0.1) is 34.1 Å². The van der Waals surface area contributed by atoms with Gasteiger partial charge in [-0.25, -0.2) is 18.4 Å². The number of hydrogen-bond donors (Lipinski definition) is 1. The Morgan fingerprint density at radius 1 is 1.05 bits per heavy atom. The quantitative estimate of drug-likeness (QED) is 0.371. The molecule has 1 aliphatic carbocycles. The number of piperidine rings is 1. The van der Waals surface area contributed by atoms with E-state index in [1.165, 1.54) is 6.07 Å². The standard InChI is InChI=1S/C29H32F2N6O2/c1-17-27(35(3)34-33-17)18-7-10-24-23(15-18)32-28(37(24)19-11-13-29(2,39)14-12-19)25-5-4-6-26(38)36(25)20-8-9-21(30)22(31)16-20/h7-10,15-16,19,25,39H,4-6,11-14H2,1-3H3/t19?,25-,29?/m0/s1. The lowest BCUT2D eigenvalue weighted by molar-refractivity contribution is -0.120. The van der Waals surface area contributed by atoms with Gasteiger partial charge in [0.2, 0.25) is 5.91 Å². The second-order valence-corrected chi connectivity index (χ2v) is 11.2. The van der Waals surface area contributed by atoms with E-state index in [0.717, 1.165) is 58.8 Å². The van der Waals surface area contributed by atoms with Gasteiger partial charge in [-0.15, -0.1) is 5.10 Å². The highest BCUT2D eigenvalue weighted by molar-refractivity contribution is 5.95. The maximum absolute atomic E-state index is 14.3. The molecule has 1 amide bonds. The fourth-order valence-electron chi connectivity index (χ4n) is 6.30. The third-order valence-electron chi connectivity index (χ3n) is 8.31. The zero-order valence-electron chi connectivity index (χ0n) is 22.4. The minimum Gasteiger partial charge on any atom is -0.390 e. The Kier molecular flexibility index (Phi) is 6.25. The number of carbonyl (C=O) groups is 1. The van der Waals surface area contributed by atoms with Crippen LogP contribution in [0.4, 0.5) is 14.5 Å². The van der Waals surface area contributed by atoms with Crippen molar-refractivity contribution >= 4 is 22.6 Å². The SMILES string of the molecule is Cc1nnn(C)c1-c1ccc2c(c1)nc([C@@H]1CCCC(=O)N1c1ccc(F)c(F)c1)n2C1CCC(C)(O)CC1. The molecule has 1 saturated carbocycles. The first-order valence-electron chi connectivity index (χ1n) is 13.5. The van der Waals surface area contributed by atoms with E-state index in [4.69, 9.17) is 4.98 Å². The highest BCUT2D eigenvalue weighted by Crippen LogP contribution is 2.43. The maximum atomic E-state index is 14.3. The van der Waals surface area contributed by atoms with Gasteiger partial charge >= 0.3 is 0 Å². The van der Waals surface area contributed by atoms with Gasteiger partial charge in [0, 0.05) is 36.8 Å². The van der Waals surface area contributed by atoms with Crippen molar-refractivity contribution in [2.75, 3.05) is 4.90 Å². The number of aromatic nitrogens is 5. The molecule has 4 aromatic rings. The molecule has 2 fully saturated rings. The molecule has 0 radical (unpaired) electrons.